The van der Waals surface area contributed by atoms with Crippen LogP contribution in [0.15, 0.2) is 103 Å². The fourth-order valence-corrected chi connectivity index (χ4v) is 9.94. The molecular weight excluding hydrogens is 811 g/mol. The Kier molecular flexibility index (Phi) is 8.97. The maximum Gasteiger partial charge on any atom is 0.700 e. The number of aromatic nitrogens is 1. The smallest absolute Gasteiger partial charge is 0.318 e. The fraction of sp³-hybridized carbons (Fsp3) is 0.118. The molecule has 0 unspecified atom stereocenters. The molecule has 12 heteroatoms. The van der Waals surface area contributed by atoms with E-state index in [0.29, 0.717) is 16.3 Å². The molecule has 2 amide bonds. The highest BCUT2D eigenvalue weighted by Gasteiger charge is 2.44. The summed E-state index contributed by atoms with van der Waals surface area (Å²) < 4.78 is 102. The van der Waals surface area contributed by atoms with Gasteiger partial charge in [-0.2, -0.15) is 0 Å². The van der Waals surface area contributed by atoms with Crippen molar-refractivity contribution < 1.29 is 40.4 Å². The Morgan fingerprint density at radius 1 is 0.524 bits per heavy atom. The van der Waals surface area contributed by atoms with Crippen LogP contribution in [0.1, 0.15) is 70.9 Å². The van der Waals surface area contributed by atoms with Crippen LogP contribution in [0.4, 0.5) is 32.0 Å². The molecule has 309 valence electrons. The summed E-state index contributed by atoms with van der Waals surface area (Å²) >= 11 is 0. The van der Waals surface area contributed by atoms with E-state index in [4.69, 9.17) is 0 Å². The molecule has 1 radical (unpaired) electrons. The van der Waals surface area contributed by atoms with Gasteiger partial charge in [0.1, 0.15) is 17.3 Å². The Labute approximate surface area is 358 Å². The number of hydrogen-bond acceptors (Lipinski definition) is 2. The van der Waals surface area contributed by atoms with Crippen LogP contribution in [-0.2, 0) is 0 Å². The highest BCUT2D eigenvalue weighted by atomic mass is 19.2. The van der Waals surface area contributed by atoms with E-state index in [1.165, 1.54) is 18.2 Å². The second-order valence-electron chi connectivity index (χ2n) is 16.4. The minimum absolute atomic E-state index is 0.0886. The van der Waals surface area contributed by atoms with E-state index in [-0.39, 0.29) is 44.4 Å². The normalized spacial score (nSPS) is 14.3. The largest absolute Gasteiger partial charge is 0.700 e. The quantitative estimate of drug-likeness (QED) is 0.0750. The first kappa shape index (κ1) is 39.9. The van der Waals surface area contributed by atoms with Crippen molar-refractivity contribution in [2.24, 2.45) is 0 Å². The lowest BCUT2D eigenvalue weighted by Crippen LogP contribution is -2.41. The number of anilines is 1. The summed E-state index contributed by atoms with van der Waals surface area (Å²) in [6.07, 6.45) is 3.50. The van der Waals surface area contributed by atoms with Gasteiger partial charge in [0.25, 0.3) is 11.8 Å². The highest BCUT2D eigenvalue weighted by Crippen LogP contribution is 2.46. The number of carbonyl (C=O) groups is 2. The van der Waals surface area contributed by atoms with E-state index in [9.17, 15) is 18.4 Å². The first-order chi connectivity index (χ1) is 30.1. The predicted molar refractivity (Wildman–Crippen MR) is 232 cm³/mol. The average Bonchev–Trinajstić information content (AvgIpc) is 3.84. The topological polar surface area (TPSA) is 45.3 Å². The molecule has 3 aliphatic rings. The molecule has 4 heterocycles. The number of nitrogens with zero attached hydrogens (tertiary/aromatic N) is 3. The van der Waals surface area contributed by atoms with Crippen molar-refractivity contribution in [3.63, 3.8) is 0 Å². The summed E-state index contributed by atoms with van der Waals surface area (Å²) in [5.74, 6) is -11.3. The van der Waals surface area contributed by atoms with Crippen LogP contribution in [0.5, 0.6) is 0 Å². The number of para-hydroxylation sites is 1. The molecule has 0 saturated carbocycles. The summed E-state index contributed by atoms with van der Waals surface area (Å²) in [6.45, 7) is 11.9. The molecule has 5 nitrogen and oxygen atoms in total. The average molecular weight is 846 g/mol. The van der Waals surface area contributed by atoms with Crippen LogP contribution in [0.3, 0.4) is 0 Å². The number of amides is 2. The van der Waals surface area contributed by atoms with Gasteiger partial charge in [-0.25, -0.2) is 31.2 Å². The fourth-order valence-electron chi connectivity index (χ4n) is 9.94. The van der Waals surface area contributed by atoms with Crippen LogP contribution in [0.2, 0.25) is 0 Å². The third-order valence-electron chi connectivity index (χ3n) is 12.3. The second kappa shape index (κ2) is 14.2. The Morgan fingerprint density at radius 3 is 1.63 bits per heavy atom. The van der Waals surface area contributed by atoms with Crippen molar-refractivity contribution >= 4 is 47.1 Å². The van der Waals surface area contributed by atoms with Crippen molar-refractivity contribution in [2.75, 3.05) is 4.90 Å². The Hall–Kier alpha value is -7.21. The zero-order valence-corrected chi connectivity index (χ0v) is 34.7. The number of carbonyl (C=O) groups excluding carboxylic acids is 2. The van der Waals surface area contributed by atoms with Crippen LogP contribution in [0, 0.1) is 76.4 Å². The molecule has 1 aromatic heterocycles. The molecule has 0 saturated heterocycles. The Morgan fingerprint density at radius 2 is 1.03 bits per heavy atom. The van der Waals surface area contributed by atoms with Gasteiger partial charge in [-0.1, -0.05) is 59.7 Å². The van der Waals surface area contributed by atoms with Gasteiger partial charge in [-0.05, 0) is 111 Å². The maximum atomic E-state index is 17.2. The minimum Gasteiger partial charge on any atom is -0.318 e. The molecule has 0 atom stereocenters. The molecular formula is C51H34BF6N3O2+. The van der Waals surface area contributed by atoms with Gasteiger partial charge in [0, 0.05) is 51.2 Å². The third-order valence-corrected chi connectivity index (χ3v) is 12.3. The molecule has 0 N–H and O–H groups in total. The van der Waals surface area contributed by atoms with E-state index in [2.05, 4.69) is 0 Å². The number of fused-ring (bicyclic) bond motifs is 2. The monoisotopic (exact) mass is 845 g/mol. The second-order valence-corrected chi connectivity index (χ2v) is 16.4. The van der Waals surface area contributed by atoms with Crippen molar-refractivity contribution in [3.8, 4) is 22.4 Å². The van der Waals surface area contributed by atoms with Gasteiger partial charge >= 0.3 is 7.55 Å². The van der Waals surface area contributed by atoms with Crippen LogP contribution >= 0.6 is 0 Å². The van der Waals surface area contributed by atoms with Gasteiger partial charge < -0.3 is 4.48 Å². The van der Waals surface area contributed by atoms with E-state index in [0.717, 1.165) is 74.8 Å². The molecule has 3 aliphatic heterocycles. The van der Waals surface area contributed by atoms with Crippen LogP contribution < -0.4 is 4.90 Å². The van der Waals surface area contributed by atoms with E-state index in [1.54, 1.807) is 21.1 Å². The number of allylic oxidation sites excluding steroid dienone is 2. The lowest BCUT2D eigenvalue weighted by molar-refractivity contribution is -0.312. The van der Waals surface area contributed by atoms with Gasteiger partial charge in [0.2, 0.25) is 0 Å². The molecule has 0 aliphatic carbocycles. The van der Waals surface area contributed by atoms with Crippen molar-refractivity contribution in [3.05, 3.63) is 199 Å². The summed E-state index contributed by atoms with van der Waals surface area (Å²) in [6, 6.07) is 20.7. The number of benzene rings is 6. The highest BCUT2D eigenvalue weighted by molar-refractivity contribution is 6.36. The number of imide groups is 1. The number of aryl methyl sites for hydroxylation is 6. The molecule has 7 aromatic rings. The van der Waals surface area contributed by atoms with E-state index >= 15 is 17.6 Å². The van der Waals surface area contributed by atoms with Crippen molar-refractivity contribution in [2.45, 2.75) is 41.5 Å². The van der Waals surface area contributed by atoms with Gasteiger partial charge in [-0.3, -0.25) is 14.1 Å². The van der Waals surface area contributed by atoms with Crippen molar-refractivity contribution in [1.29, 1.82) is 0 Å². The van der Waals surface area contributed by atoms with Crippen LogP contribution in [-0.4, -0.2) is 34.0 Å². The zero-order valence-electron chi connectivity index (χ0n) is 34.7. The van der Waals surface area contributed by atoms with E-state index in [1.807, 2.05) is 85.5 Å². The number of rotatable bonds is 5. The minimum atomic E-state index is -1.71. The Balaban J connectivity index is 1.20. The van der Waals surface area contributed by atoms with Crippen molar-refractivity contribution in [1.82, 2.24) is 4.48 Å². The van der Waals surface area contributed by atoms with Crippen LogP contribution in [0.25, 0.3) is 38.7 Å². The number of halogens is 6. The molecule has 10 rings (SSSR count). The SMILES string of the molecule is Cc1cc(C)c(C2=[N+]3[B]n4c(ccc4-c4c(C)cc(C)cc4C)C(c4c(F)c(F)c(-c5ccc6c7c(cccc57)C(=O)N(c5c(F)cccc5F)C6=O)c(F)c4F)=C3C=C2)c(C)c1. The molecule has 0 spiro atoms. The van der Waals surface area contributed by atoms with E-state index < -0.39 is 63.5 Å². The molecule has 0 fully saturated rings. The maximum absolute atomic E-state index is 17.2. The lowest BCUT2D eigenvalue weighted by Gasteiger charge is -2.28. The number of hydrogen-bond donors (Lipinski definition) is 0. The molecule has 0 bridgehead atoms. The summed E-state index contributed by atoms with van der Waals surface area (Å²) in [5, 5.41) is -0.188. The first-order valence-corrected chi connectivity index (χ1v) is 20.2. The standard InChI is InChI=1S/C51H34BF6N3O2/c1-23-19-25(3)39(26(4)20-23)35-15-17-37-43(38-18-16-36(61(38)52-60(35)37)40-27(5)21-24(2)22-28(40)6)44-47(57)45(55)42(46(56)48(44)58)30-13-14-32-41-29(30)9-7-10-31(41)50(62)59(51(32)63)49-33(53)11-8-12-34(49)54/h7-22H,1-6H3/q+1. The third kappa shape index (κ3) is 5.69. The predicted octanol–water partition coefficient (Wildman–Crippen LogP) is 11.7. The summed E-state index contributed by atoms with van der Waals surface area (Å²) in [7, 11) is 1.83. The molecule has 6 aromatic carbocycles. The van der Waals surface area contributed by atoms with Gasteiger partial charge in [0.15, 0.2) is 34.7 Å². The molecule has 63 heavy (non-hydrogen) atoms. The Bertz CT molecular complexity index is 3280. The lowest BCUT2D eigenvalue weighted by atomic mass is 9.86. The zero-order chi connectivity index (χ0) is 44.5. The summed E-state index contributed by atoms with van der Waals surface area (Å²) in [5.41, 5.74) is 5.94. The summed E-state index contributed by atoms with van der Waals surface area (Å²) in [4.78, 5) is 28.0. The van der Waals surface area contributed by atoms with Gasteiger partial charge in [0.05, 0.1) is 16.7 Å². The van der Waals surface area contributed by atoms with Gasteiger partial charge in [-0.15, -0.1) is 0 Å². The first-order valence-electron chi connectivity index (χ1n) is 20.2.